The highest BCUT2D eigenvalue weighted by atomic mass is 19.2. The molecule has 0 aliphatic rings. The van der Waals surface area contributed by atoms with Crippen LogP contribution in [-0.2, 0) is 0 Å². The van der Waals surface area contributed by atoms with Gasteiger partial charge in [0.25, 0.3) is 0 Å². The van der Waals surface area contributed by atoms with Crippen molar-refractivity contribution < 1.29 is 17.6 Å². The number of rotatable bonds is 4. The molecular formula is C11H18F4. The third kappa shape index (κ3) is 6.31. The zero-order valence-electron chi connectivity index (χ0n) is 9.63. The molecule has 0 N–H and O–H groups in total. The molecule has 0 saturated heterocycles. The molecule has 15 heavy (non-hydrogen) atoms. The van der Waals surface area contributed by atoms with Gasteiger partial charge in [-0.15, -0.1) is 0 Å². The molecule has 0 bridgehead atoms. The number of allylic oxidation sites excluding steroid dienone is 4. The lowest BCUT2D eigenvalue weighted by molar-refractivity contribution is 0.471. The lowest BCUT2D eigenvalue weighted by Crippen LogP contribution is -1.91. The van der Waals surface area contributed by atoms with E-state index < -0.39 is 25.0 Å². The summed E-state index contributed by atoms with van der Waals surface area (Å²) in [6.07, 6.45) is -0.168. The summed E-state index contributed by atoms with van der Waals surface area (Å²) in [7, 11) is 0. The minimum Gasteiger partial charge on any atom is -0.251 e. The van der Waals surface area contributed by atoms with Crippen molar-refractivity contribution in [3.05, 3.63) is 22.8 Å². The molecule has 0 unspecified atom stereocenters. The smallest absolute Gasteiger partial charge is 0.160 e. The van der Waals surface area contributed by atoms with E-state index in [9.17, 15) is 17.6 Å². The Hall–Kier alpha value is -0.800. The van der Waals surface area contributed by atoms with E-state index in [1.165, 1.54) is 6.92 Å². The SMILES string of the molecule is C/C(CF)=C(F)/C(F)=C(/C)CCF.CC. The van der Waals surface area contributed by atoms with Crippen molar-refractivity contribution in [2.24, 2.45) is 0 Å². The van der Waals surface area contributed by atoms with Crippen LogP contribution in [0.4, 0.5) is 17.6 Å². The Kier molecular flexibility index (Phi) is 10.8. The summed E-state index contributed by atoms with van der Waals surface area (Å²) >= 11 is 0. The van der Waals surface area contributed by atoms with Gasteiger partial charge in [-0.2, -0.15) is 0 Å². The van der Waals surface area contributed by atoms with Crippen LogP contribution >= 0.6 is 0 Å². The maximum atomic E-state index is 12.9. The Morgan fingerprint density at radius 2 is 1.27 bits per heavy atom. The van der Waals surface area contributed by atoms with Crippen LogP contribution < -0.4 is 0 Å². The minimum absolute atomic E-state index is 0.0344. The van der Waals surface area contributed by atoms with Gasteiger partial charge in [0.2, 0.25) is 0 Å². The maximum absolute atomic E-state index is 12.9. The van der Waals surface area contributed by atoms with Gasteiger partial charge in [-0.05, 0) is 31.4 Å². The van der Waals surface area contributed by atoms with E-state index >= 15 is 0 Å². The fourth-order valence-corrected chi connectivity index (χ4v) is 0.685. The average Bonchev–Trinajstić information content (AvgIpc) is 2.29. The summed E-state index contributed by atoms with van der Waals surface area (Å²) in [5, 5.41) is 0. The Morgan fingerprint density at radius 3 is 1.60 bits per heavy atom. The minimum atomic E-state index is -1.21. The molecule has 0 amide bonds. The summed E-state index contributed by atoms with van der Waals surface area (Å²) in [6.45, 7) is 4.64. The molecule has 0 aromatic rings. The van der Waals surface area contributed by atoms with E-state index in [1.54, 1.807) is 0 Å². The third-order valence-corrected chi connectivity index (χ3v) is 1.61. The van der Waals surface area contributed by atoms with E-state index in [2.05, 4.69) is 0 Å². The van der Waals surface area contributed by atoms with Gasteiger partial charge in [0.15, 0.2) is 11.7 Å². The molecule has 4 heteroatoms. The highest BCUT2D eigenvalue weighted by Crippen LogP contribution is 2.23. The molecule has 0 radical (unpaired) electrons. The molecule has 0 fully saturated rings. The quantitative estimate of drug-likeness (QED) is 0.476. The lowest BCUT2D eigenvalue weighted by atomic mass is 10.1. The first-order valence-electron chi connectivity index (χ1n) is 4.87. The highest BCUT2D eigenvalue weighted by molar-refractivity contribution is 5.28. The van der Waals surface area contributed by atoms with E-state index in [1.807, 2.05) is 13.8 Å². The standard InChI is InChI=1S/C9H12F4.C2H6/c1-6(3-4-10)8(12)9(13)7(2)5-11;1-2/h3-5H2,1-2H3;1-2H3/b8-6+,9-7+;. The Balaban J connectivity index is 0. The summed E-state index contributed by atoms with van der Waals surface area (Å²) < 4.78 is 49.4. The summed E-state index contributed by atoms with van der Waals surface area (Å²) in [5.41, 5.74) is -0.344. The van der Waals surface area contributed by atoms with Gasteiger partial charge < -0.3 is 0 Å². The van der Waals surface area contributed by atoms with Crippen LogP contribution in [0.25, 0.3) is 0 Å². The molecule has 0 heterocycles. The van der Waals surface area contributed by atoms with Gasteiger partial charge in [-0.3, -0.25) is 4.39 Å². The van der Waals surface area contributed by atoms with Crippen molar-refractivity contribution in [3.8, 4) is 0 Å². The van der Waals surface area contributed by atoms with Crippen LogP contribution in [0.3, 0.4) is 0 Å². The van der Waals surface area contributed by atoms with Crippen LogP contribution in [0.2, 0.25) is 0 Å². The van der Waals surface area contributed by atoms with Gasteiger partial charge in [-0.1, -0.05) is 13.8 Å². The molecule has 0 atom stereocenters. The topological polar surface area (TPSA) is 0 Å². The largest absolute Gasteiger partial charge is 0.251 e. The molecule has 90 valence electrons. The summed E-state index contributed by atoms with van der Waals surface area (Å²) in [6, 6.07) is 0. The van der Waals surface area contributed by atoms with Crippen LogP contribution in [0.15, 0.2) is 22.8 Å². The Bertz CT molecular complexity index is 229. The zero-order chi connectivity index (χ0) is 12.4. The number of alkyl halides is 2. The number of halogens is 4. The maximum Gasteiger partial charge on any atom is 0.160 e. The second-order valence-electron chi connectivity index (χ2n) is 2.76. The first-order chi connectivity index (χ1) is 7.04. The van der Waals surface area contributed by atoms with Crippen molar-refractivity contribution >= 4 is 0 Å². The first kappa shape index (κ1) is 16.6. The number of hydrogen-bond donors (Lipinski definition) is 0. The van der Waals surface area contributed by atoms with Crippen LogP contribution in [-0.4, -0.2) is 13.3 Å². The van der Waals surface area contributed by atoms with Crippen LogP contribution in [0.5, 0.6) is 0 Å². The molecule has 0 nitrogen and oxygen atoms in total. The van der Waals surface area contributed by atoms with Crippen molar-refractivity contribution in [2.45, 2.75) is 34.1 Å². The third-order valence-electron chi connectivity index (χ3n) is 1.61. The average molecular weight is 226 g/mol. The first-order valence-corrected chi connectivity index (χ1v) is 4.87. The van der Waals surface area contributed by atoms with E-state index in [-0.39, 0.29) is 17.6 Å². The molecule has 0 aromatic heterocycles. The monoisotopic (exact) mass is 226 g/mol. The van der Waals surface area contributed by atoms with Gasteiger partial charge in [-0.25, -0.2) is 13.2 Å². The van der Waals surface area contributed by atoms with Gasteiger partial charge in [0.1, 0.15) is 6.67 Å². The fourth-order valence-electron chi connectivity index (χ4n) is 0.685. The van der Waals surface area contributed by atoms with E-state index in [4.69, 9.17) is 0 Å². The van der Waals surface area contributed by atoms with Crippen molar-refractivity contribution in [1.82, 2.24) is 0 Å². The summed E-state index contributed by atoms with van der Waals surface area (Å²) in [4.78, 5) is 0. The van der Waals surface area contributed by atoms with Crippen LogP contribution in [0.1, 0.15) is 34.1 Å². The van der Waals surface area contributed by atoms with Gasteiger partial charge in [0.05, 0.1) is 6.67 Å². The molecular weight excluding hydrogens is 208 g/mol. The Labute approximate surface area is 88.7 Å². The second kappa shape index (κ2) is 9.74. The molecule has 0 aromatic carbocycles. The van der Waals surface area contributed by atoms with E-state index in [0.29, 0.717) is 0 Å². The predicted octanol–water partition coefficient (Wildman–Crippen LogP) is 4.83. The lowest BCUT2D eigenvalue weighted by Gasteiger charge is -2.02. The van der Waals surface area contributed by atoms with Crippen molar-refractivity contribution in [2.75, 3.05) is 13.3 Å². The van der Waals surface area contributed by atoms with E-state index in [0.717, 1.165) is 6.92 Å². The summed E-state index contributed by atoms with van der Waals surface area (Å²) in [5.74, 6) is -2.36. The molecule has 0 saturated carbocycles. The Morgan fingerprint density at radius 1 is 0.867 bits per heavy atom. The van der Waals surface area contributed by atoms with Crippen molar-refractivity contribution in [1.29, 1.82) is 0 Å². The molecule has 0 aliphatic heterocycles. The molecule has 0 aliphatic carbocycles. The van der Waals surface area contributed by atoms with Gasteiger partial charge >= 0.3 is 0 Å². The fraction of sp³-hybridized carbons (Fsp3) is 0.636. The van der Waals surface area contributed by atoms with Crippen LogP contribution in [0, 0.1) is 0 Å². The predicted molar refractivity (Wildman–Crippen MR) is 55.5 cm³/mol. The van der Waals surface area contributed by atoms with Crippen molar-refractivity contribution in [3.63, 3.8) is 0 Å². The molecule has 0 rings (SSSR count). The highest BCUT2D eigenvalue weighted by Gasteiger charge is 2.11. The normalized spacial score (nSPS) is 13.6. The number of hydrogen-bond acceptors (Lipinski definition) is 0. The second-order valence-corrected chi connectivity index (χ2v) is 2.76. The van der Waals surface area contributed by atoms with Gasteiger partial charge in [0, 0.05) is 0 Å². The zero-order valence-corrected chi connectivity index (χ0v) is 9.63. The molecule has 0 spiro atoms.